The Balaban J connectivity index is 3.07. The maximum absolute atomic E-state index is 14.6. The van der Waals surface area contributed by atoms with Crippen molar-refractivity contribution < 1.29 is 42.5 Å². The van der Waals surface area contributed by atoms with E-state index in [1.54, 1.807) is 0 Å². The van der Waals surface area contributed by atoms with Crippen molar-refractivity contribution in [1.29, 1.82) is 0 Å². The molecular formula is C14H20FNO8. The summed E-state index contributed by atoms with van der Waals surface area (Å²) in [5.41, 5.74) is 0. The number of nitrogens with one attached hydrogen (secondary N) is 1. The minimum atomic E-state index is -1.92. The molecule has 0 aromatic rings. The Hall–Kier alpha value is -2.23. The molecule has 1 heterocycles. The van der Waals surface area contributed by atoms with Crippen LogP contribution in [0.15, 0.2) is 0 Å². The number of halogens is 1. The van der Waals surface area contributed by atoms with Crippen molar-refractivity contribution in [3.8, 4) is 0 Å². The van der Waals surface area contributed by atoms with Gasteiger partial charge >= 0.3 is 17.9 Å². The van der Waals surface area contributed by atoms with E-state index in [1.807, 2.05) is 0 Å². The molecule has 5 atom stereocenters. The van der Waals surface area contributed by atoms with Crippen LogP contribution in [0.3, 0.4) is 0 Å². The number of ether oxygens (including phenoxy) is 4. The lowest BCUT2D eigenvalue weighted by molar-refractivity contribution is -0.256. The summed E-state index contributed by atoms with van der Waals surface area (Å²) in [6, 6.07) is -1.25. The summed E-state index contributed by atoms with van der Waals surface area (Å²) in [6.45, 7) is 3.97. The average Bonchev–Trinajstić information content (AvgIpc) is 2.42. The van der Waals surface area contributed by atoms with Crippen LogP contribution in [-0.2, 0) is 38.1 Å². The fourth-order valence-electron chi connectivity index (χ4n) is 2.21. The molecule has 0 aromatic heterocycles. The molecule has 24 heavy (non-hydrogen) atoms. The van der Waals surface area contributed by atoms with Crippen molar-refractivity contribution in [2.24, 2.45) is 0 Å². The van der Waals surface area contributed by atoms with E-state index in [0.29, 0.717) is 0 Å². The first-order valence-corrected chi connectivity index (χ1v) is 7.16. The highest BCUT2D eigenvalue weighted by Gasteiger charge is 2.50. The van der Waals surface area contributed by atoms with Gasteiger partial charge in [0.05, 0.1) is 0 Å². The first-order valence-electron chi connectivity index (χ1n) is 7.16. The summed E-state index contributed by atoms with van der Waals surface area (Å²) < 4.78 is 34.5. The van der Waals surface area contributed by atoms with E-state index >= 15 is 0 Å². The van der Waals surface area contributed by atoms with Gasteiger partial charge in [-0.2, -0.15) is 0 Å². The number of alkyl halides is 1. The monoisotopic (exact) mass is 349 g/mol. The fraction of sp³-hybridized carbons (Fsp3) is 0.714. The highest BCUT2D eigenvalue weighted by atomic mass is 19.1. The summed E-state index contributed by atoms with van der Waals surface area (Å²) >= 11 is 0. The molecule has 1 fully saturated rings. The molecule has 1 unspecified atom stereocenters. The molecule has 1 amide bonds. The maximum Gasteiger partial charge on any atom is 0.305 e. The number of carbonyl (C=O) groups is 4. The predicted octanol–water partition coefficient (Wildman–Crippen LogP) is -0.388. The first-order chi connectivity index (χ1) is 11.1. The molecule has 1 aliphatic heterocycles. The van der Waals surface area contributed by atoms with Crippen molar-refractivity contribution >= 4 is 23.8 Å². The zero-order valence-corrected chi connectivity index (χ0v) is 13.7. The first kappa shape index (κ1) is 19.8. The predicted molar refractivity (Wildman–Crippen MR) is 75.1 cm³/mol. The fourth-order valence-corrected chi connectivity index (χ4v) is 2.21. The van der Waals surface area contributed by atoms with Crippen LogP contribution < -0.4 is 5.32 Å². The third kappa shape index (κ3) is 5.76. The number of hydrogen-bond donors (Lipinski definition) is 1. The van der Waals surface area contributed by atoms with Gasteiger partial charge in [-0.05, 0) is 0 Å². The van der Waals surface area contributed by atoms with Gasteiger partial charge in [0.15, 0.2) is 12.3 Å². The van der Waals surface area contributed by atoms with Gasteiger partial charge in [0.25, 0.3) is 0 Å². The van der Waals surface area contributed by atoms with Gasteiger partial charge in [0.1, 0.15) is 18.8 Å². The Labute approximate surface area is 137 Å². The van der Waals surface area contributed by atoms with E-state index in [9.17, 15) is 23.6 Å². The molecule has 0 spiro atoms. The molecule has 0 aliphatic carbocycles. The average molecular weight is 349 g/mol. The normalized spacial score (nSPS) is 29.3. The molecule has 0 aromatic carbocycles. The lowest BCUT2D eigenvalue weighted by Gasteiger charge is -2.42. The highest BCUT2D eigenvalue weighted by Crippen LogP contribution is 2.27. The molecule has 10 heteroatoms. The highest BCUT2D eigenvalue weighted by molar-refractivity contribution is 5.74. The Morgan fingerprint density at radius 3 is 2.04 bits per heavy atom. The minimum Gasteiger partial charge on any atom is -0.463 e. The Kier molecular flexibility index (Phi) is 7.08. The number of rotatable bonds is 5. The standard InChI is InChI=1S/C14H20FNO8/c1-6(17)16-12-13(22-8(3)19)11(15)10(5-21-7(2)18)24-14(12)23-9(4)20/h10-14H,5H2,1-4H3,(H,16,17)/t10-,11+,12-,13+,14?/m1/s1. The maximum atomic E-state index is 14.6. The van der Waals surface area contributed by atoms with E-state index in [0.717, 1.165) is 27.7 Å². The summed E-state index contributed by atoms with van der Waals surface area (Å²) in [5.74, 6) is -2.78. The SMILES string of the molecule is CC(=O)N[C@H]1C(OC(C)=O)O[C@H](COC(C)=O)[C@H](F)[C@@H]1OC(C)=O. The second kappa shape index (κ2) is 8.57. The molecule has 1 aliphatic rings. The smallest absolute Gasteiger partial charge is 0.305 e. The molecule has 0 bridgehead atoms. The molecule has 0 saturated carbocycles. The Morgan fingerprint density at radius 2 is 1.58 bits per heavy atom. The zero-order chi connectivity index (χ0) is 18.4. The zero-order valence-electron chi connectivity index (χ0n) is 13.7. The van der Waals surface area contributed by atoms with Crippen molar-refractivity contribution in [2.75, 3.05) is 6.61 Å². The number of esters is 3. The van der Waals surface area contributed by atoms with E-state index in [-0.39, 0.29) is 0 Å². The van der Waals surface area contributed by atoms with Crippen molar-refractivity contribution in [3.63, 3.8) is 0 Å². The molecule has 1 N–H and O–H groups in total. The lowest BCUT2D eigenvalue weighted by atomic mass is 9.97. The van der Waals surface area contributed by atoms with Crippen LogP contribution in [0.25, 0.3) is 0 Å². The van der Waals surface area contributed by atoms with Gasteiger partial charge in [-0.25, -0.2) is 4.39 Å². The Bertz CT molecular complexity index is 511. The summed E-state index contributed by atoms with van der Waals surface area (Å²) in [4.78, 5) is 44.7. The van der Waals surface area contributed by atoms with Crippen molar-refractivity contribution in [1.82, 2.24) is 5.32 Å². The third-order valence-electron chi connectivity index (χ3n) is 3.03. The van der Waals surface area contributed by atoms with Gasteiger partial charge in [-0.1, -0.05) is 0 Å². The summed E-state index contributed by atoms with van der Waals surface area (Å²) in [7, 11) is 0. The molecule has 1 saturated heterocycles. The van der Waals surface area contributed by atoms with Gasteiger partial charge in [0.2, 0.25) is 12.2 Å². The second-order valence-corrected chi connectivity index (χ2v) is 5.20. The third-order valence-corrected chi connectivity index (χ3v) is 3.03. The largest absolute Gasteiger partial charge is 0.463 e. The number of carbonyl (C=O) groups excluding carboxylic acids is 4. The van der Waals surface area contributed by atoms with Gasteiger partial charge in [-0.15, -0.1) is 0 Å². The summed E-state index contributed by atoms with van der Waals surface area (Å²) in [5, 5.41) is 2.34. The number of amides is 1. The van der Waals surface area contributed by atoms with E-state index in [2.05, 4.69) is 5.32 Å². The summed E-state index contributed by atoms with van der Waals surface area (Å²) in [6.07, 6.45) is -6.15. The van der Waals surface area contributed by atoms with Crippen LogP contribution in [0.1, 0.15) is 27.7 Å². The number of hydrogen-bond acceptors (Lipinski definition) is 8. The van der Waals surface area contributed by atoms with Crippen LogP contribution >= 0.6 is 0 Å². The molecule has 0 radical (unpaired) electrons. The molecule has 136 valence electrons. The Morgan fingerprint density at radius 1 is 1.00 bits per heavy atom. The van der Waals surface area contributed by atoms with Gasteiger partial charge < -0.3 is 24.3 Å². The van der Waals surface area contributed by atoms with Crippen LogP contribution in [0, 0.1) is 0 Å². The topological polar surface area (TPSA) is 117 Å². The van der Waals surface area contributed by atoms with Crippen LogP contribution in [-0.4, -0.2) is 61.1 Å². The second-order valence-electron chi connectivity index (χ2n) is 5.20. The van der Waals surface area contributed by atoms with Gasteiger partial charge in [-0.3, -0.25) is 19.2 Å². The van der Waals surface area contributed by atoms with E-state index < -0.39 is 61.1 Å². The minimum absolute atomic E-state index is 0.473. The van der Waals surface area contributed by atoms with Crippen molar-refractivity contribution in [2.45, 2.75) is 58.4 Å². The van der Waals surface area contributed by atoms with Gasteiger partial charge in [0, 0.05) is 27.7 Å². The van der Waals surface area contributed by atoms with Crippen LogP contribution in [0.2, 0.25) is 0 Å². The van der Waals surface area contributed by atoms with Crippen LogP contribution in [0.5, 0.6) is 0 Å². The lowest BCUT2D eigenvalue weighted by Crippen LogP contribution is -2.64. The van der Waals surface area contributed by atoms with Crippen molar-refractivity contribution in [3.05, 3.63) is 0 Å². The quantitative estimate of drug-likeness (QED) is 0.527. The van der Waals surface area contributed by atoms with Crippen LogP contribution in [0.4, 0.5) is 4.39 Å². The van der Waals surface area contributed by atoms with E-state index in [1.165, 1.54) is 0 Å². The molecular weight excluding hydrogens is 329 g/mol. The molecule has 9 nitrogen and oxygen atoms in total. The van der Waals surface area contributed by atoms with E-state index in [4.69, 9.17) is 18.9 Å². The molecule has 1 rings (SSSR count).